The first-order valence-corrected chi connectivity index (χ1v) is 8.60. The van der Waals surface area contributed by atoms with Crippen LogP contribution in [0.1, 0.15) is 11.6 Å². The second kappa shape index (κ2) is 7.36. The summed E-state index contributed by atoms with van der Waals surface area (Å²) in [6.07, 6.45) is 1.72. The Labute approximate surface area is 144 Å². The van der Waals surface area contributed by atoms with Crippen molar-refractivity contribution in [1.29, 1.82) is 5.26 Å². The van der Waals surface area contributed by atoms with Crippen LogP contribution >= 0.6 is 11.8 Å². The Morgan fingerprint density at radius 2 is 2.17 bits per heavy atom. The predicted octanol–water partition coefficient (Wildman–Crippen LogP) is 1.69. The fraction of sp³-hybridized carbons (Fsp3) is 0.375. The standard InChI is InChI=1S/C16H17N5O2S/c1-12-19-13(10-17)16(23-12)21-8-6-20(7-9-21)15(22)11-24-14-4-2-3-5-18-14/h2-5H,6-9,11H2,1H3. The molecule has 0 radical (unpaired) electrons. The molecule has 24 heavy (non-hydrogen) atoms. The van der Waals surface area contributed by atoms with Crippen molar-refractivity contribution in [1.82, 2.24) is 14.9 Å². The van der Waals surface area contributed by atoms with Crippen LogP contribution in [-0.4, -0.2) is 52.7 Å². The van der Waals surface area contributed by atoms with Crippen LogP contribution in [0.25, 0.3) is 0 Å². The van der Waals surface area contributed by atoms with Crippen molar-refractivity contribution in [2.24, 2.45) is 0 Å². The number of nitrogens with zero attached hydrogens (tertiary/aromatic N) is 5. The summed E-state index contributed by atoms with van der Waals surface area (Å²) in [4.78, 5) is 24.4. The molecule has 0 spiro atoms. The zero-order valence-electron chi connectivity index (χ0n) is 13.3. The third-order valence-electron chi connectivity index (χ3n) is 3.72. The lowest BCUT2D eigenvalue weighted by atomic mass is 10.3. The van der Waals surface area contributed by atoms with Crippen molar-refractivity contribution >= 4 is 23.6 Å². The maximum atomic E-state index is 12.3. The topological polar surface area (TPSA) is 86.3 Å². The molecule has 8 heteroatoms. The van der Waals surface area contributed by atoms with Crippen molar-refractivity contribution < 1.29 is 9.21 Å². The molecule has 3 rings (SSSR count). The van der Waals surface area contributed by atoms with Crippen molar-refractivity contribution in [2.75, 3.05) is 36.8 Å². The number of aromatic nitrogens is 2. The van der Waals surface area contributed by atoms with E-state index in [2.05, 4.69) is 9.97 Å². The van der Waals surface area contributed by atoms with Gasteiger partial charge >= 0.3 is 0 Å². The molecule has 0 saturated carbocycles. The van der Waals surface area contributed by atoms with Crippen LogP contribution in [0.3, 0.4) is 0 Å². The molecule has 1 amide bonds. The van der Waals surface area contributed by atoms with E-state index >= 15 is 0 Å². The molecule has 0 aromatic carbocycles. The summed E-state index contributed by atoms with van der Waals surface area (Å²) in [5, 5.41) is 9.96. The van der Waals surface area contributed by atoms with Gasteiger partial charge in [0.2, 0.25) is 17.5 Å². The number of aryl methyl sites for hydroxylation is 1. The second-order valence-corrected chi connectivity index (χ2v) is 6.32. The molecule has 1 aliphatic rings. The number of rotatable bonds is 4. The van der Waals surface area contributed by atoms with Gasteiger partial charge in [-0.15, -0.1) is 0 Å². The molecule has 0 atom stereocenters. The number of carbonyl (C=O) groups excluding carboxylic acids is 1. The quantitative estimate of drug-likeness (QED) is 0.781. The number of hydrogen-bond donors (Lipinski definition) is 0. The highest BCUT2D eigenvalue weighted by atomic mass is 32.2. The fourth-order valence-corrected chi connectivity index (χ4v) is 3.29. The van der Waals surface area contributed by atoms with E-state index in [1.165, 1.54) is 11.8 Å². The molecule has 1 fully saturated rings. The third kappa shape index (κ3) is 3.68. The van der Waals surface area contributed by atoms with Crippen LogP contribution in [0, 0.1) is 18.3 Å². The van der Waals surface area contributed by atoms with Crippen molar-refractivity contribution in [3.63, 3.8) is 0 Å². The number of anilines is 1. The van der Waals surface area contributed by atoms with E-state index in [-0.39, 0.29) is 5.91 Å². The summed E-state index contributed by atoms with van der Waals surface area (Å²) in [7, 11) is 0. The van der Waals surface area contributed by atoms with E-state index < -0.39 is 0 Å². The van der Waals surface area contributed by atoms with E-state index in [0.29, 0.717) is 49.4 Å². The molecule has 0 bridgehead atoms. The van der Waals surface area contributed by atoms with Gasteiger partial charge in [-0.1, -0.05) is 17.8 Å². The third-order valence-corrected chi connectivity index (χ3v) is 4.65. The summed E-state index contributed by atoms with van der Waals surface area (Å²) in [6, 6.07) is 7.70. The number of amides is 1. The molecule has 1 saturated heterocycles. The first-order valence-electron chi connectivity index (χ1n) is 7.61. The van der Waals surface area contributed by atoms with Crippen LogP contribution in [-0.2, 0) is 4.79 Å². The number of pyridine rings is 1. The van der Waals surface area contributed by atoms with Crippen LogP contribution in [0.15, 0.2) is 33.8 Å². The number of piperazine rings is 1. The number of carbonyl (C=O) groups is 1. The monoisotopic (exact) mass is 343 g/mol. The molecule has 0 N–H and O–H groups in total. The van der Waals surface area contributed by atoms with E-state index in [9.17, 15) is 4.79 Å². The average Bonchev–Trinajstić information content (AvgIpc) is 3.01. The molecule has 0 aliphatic carbocycles. The van der Waals surface area contributed by atoms with Gasteiger partial charge in [0.05, 0.1) is 10.8 Å². The Morgan fingerprint density at radius 1 is 1.38 bits per heavy atom. The minimum Gasteiger partial charge on any atom is -0.424 e. The predicted molar refractivity (Wildman–Crippen MR) is 89.7 cm³/mol. The van der Waals surface area contributed by atoms with Crippen molar-refractivity contribution in [2.45, 2.75) is 11.9 Å². The molecule has 1 aliphatic heterocycles. The Bertz CT molecular complexity index is 748. The van der Waals surface area contributed by atoms with E-state index in [0.717, 1.165) is 5.03 Å². The largest absolute Gasteiger partial charge is 0.424 e. The van der Waals surface area contributed by atoms with Gasteiger partial charge in [-0.2, -0.15) is 5.26 Å². The van der Waals surface area contributed by atoms with Crippen LogP contribution in [0.4, 0.5) is 5.88 Å². The second-order valence-electron chi connectivity index (χ2n) is 5.32. The number of hydrogen-bond acceptors (Lipinski definition) is 7. The maximum Gasteiger partial charge on any atom is 0.234 e. The normalized spacial score (nSPS) is 14.5. The summed E-state index contributed by atoms with van der Waals surface area (Å²) >= 11 is 1.44. The van der Waals surface area contributed by atoms with Gasteiger partial charge in [-0.25, -0.2) is 9.97 Å². The highest BCUT2D eigenvalue weighted by molar-refractivity contribution is 7.99. The van der Waals surface area contributed by atoms with Gasteiger partial charge in [0, 0.05) is 39.3 Å². The summed E-state index contributed by atoms with van der Waals surface area (Å²) < 4.78 is 5.52. The molecule has 7 nitrogen and oxygen atoms in total. The minimum atomic E-state index is 0.0968. The van der Waals surface area contributed by atoms with Crippen molar-refractivity contribution in [3.05, 3.63) is 36.0 Å². The summed E-state index contributed by atoms with van der Waals surface area (Å²) in [5.41, 5.74) is 0.304. The highest BCUT2D eigenvalue weighted by Gasteiger charge is 2.25. The van der Waals surface area contributed by atoms with Crippen LogP contribution in [0.5, 0.6) is 0 Å². The minimum absolute atomic E-state index is 0.0968. The number of nitriles is 1. The van der Waals surface area contributed by atoms with E-state index in [1.807, 2.05) is 34.1 Å². The summed E-state index contributed by atoms with van der Waals surface area (Å²) in [6.45, 7) is 4.18. The maximum absolute atomic E-state index is 12.3. The molecule has 2 aromatic heterocycles. The van der Waals surface area contributed by atoms with E-state index in [1.54, 1.807) is 13.1 Å². The Morgan fingerprint density at radius 3 is 2.83 bits per heavy atom. The van der Waals surface area contributed by atoms with Gasteiger partial charge in [-0.3, -0.25) is 4.79 Å². The molecule has 124 valence electrons. The molecule has 0 unspecified atom stereocenters. The fourth-order valence-electron chi connectivity index (χ4n) is 2.52. The van der Waals surface area contributed by atoms with Gasteiger partial charge < -0.3 is 14.2 Å². The van der Waals surface area contributed by atoms with Crippen LogP contribution < -0.4 is 4.90 Å². The number of thioether (sulfide) groups is 1. The SMILES string of the molecule is Cc1nc(C#N)c(N2CCN(C(=O)CSc3ccccn3)CC2)o1. The van der Waals surface area contributed by atoms with Gasteiger partial charge in [-0.05, 0) is 12.1 Å². The molecule has 2 aromatic rings. The lowest BCUT2D eigenvalue weighted by Gasteiger charge is -2.34. The smallest absolute Gasteiger partial charge is 0.234 e. The lowest BCUT2D eigenvalue weighted by Crippen LogP contribution is -2.49. The van der Waals surface area contributed by atoms with Gasteiger partial charge in [0.15, 0.2) is 5.89 Å². The Hall–Kier alpha value is -2.53. The Balaban J connectivity index is 1.53. The average molecular weight is 343 g/mol. The first kappa shape index (κ1) is 16.3. The molecule has 3 heterocycles. The molecular weight excluding hydrogens is 326 g/mol. The lowest BCUT2D eigenvalue weighted by molar-refractivity contribution is -0.128. The zero-order chi connectivity index (χ0) is 16.9. The zero-order valence-corrected chi connectivity index (χ0v) is 14.1. The van der Waals surface area contributed by atoms with Gasteiger partial charge in [0.1, 0.15) is 6.07 Å². The highest BCUT2D eigenvalue weighted by Crippen LogP contribution is 2.23. The van der Waals surface area contributed by atoms with E-state index in [4.69, 9.17) is 9.68 Å². The van der Waals surface area contributed by atoms with Crippen LogP contribution in [0.2, 0.25) is 0 Å². The first-order chi connectivity index (χ1) is 11.7. The molecular formula is C16H17N5O2S. The number of oxazole rings is 1. The van der Waals surface area contributed by atoms with Crippen molar-refractivity contribution in [3.8, 4) is 6.07 Å². The summed E-state index contributed by atoms with van der Waals surface area (Å²) in [5.74, 6) is 1.46. The van der Waals surface area contributed by atoms with Gasteiger partial charge in [0.25, 0.3) is 0 Å². The Kier molecular flexibility index (Phi) is 5.01.